The lowest BCUT2D eigenvalue weighted by molar-refractivity contribution is 0.0855. The maximum Gasteiger partial charge on any atom is 0.186 e. The molecule has 106 valence electrons. The van der Waals surface area contributed by atoms with Crippen molar-refractivity contribution in [1.82, 2.24) is 4.90 Å². The summed E-state index contributed by atoms with van der Waals surface area (Å²) in [4.78, 5) is 16.8. The molecule has 0 bridgehead atoms. The Kier molecular flexibility index (Phi) is 5.17. The molecule has 1 heterocycles. The van der Waals surface area contributed by atoms with Gasteiger partial charge in [-0.1, -0.05) is 26.7 Å². The van der Waals surface area contributed by atoms with Crippen molar-refractivity contribution in [3.8, 4) is 0 Å². The number of rotatable bonds is 5. The molecule has 2 atom stereocenters. The van der Waals surface area contributed by atoms with Crippen LogP contribution in [-0.4, -0.2) is 30.3 Å². The molecule has 0 saturated heterocycles. The van der Waals surface area contributed by atoms with E-state index in [0.29, 0.717) is 12.6 Å². The Hall–Kier alpha value is -0.670. The number of Topliss-reactive ketones (excluding diaryl/α,β-unsaturated/α-hetero) is 1. The van der Waals surface area contributed by atoms with Gasteiger partial charge in [0.2, 0.25) is 0 Å². The molecule has 1 aromatic heterocycles. The predicted octanol–water partition coefficient (Wildman–Crippen LogP) is 4.00. The van der Waals surface area contributed by atoms with Crippen molar-refractivity contribution in [3.05, 3.63) is 21.9 Å². The summed E-state index contributed by atoms with van der Waals surface area (Å²) in [6.45, 7) is 5.03. The Morgan fingerprint density at radius 2 is 2.11 bits per heavy atom. The second-order valence-corrected chi connectivity index (χ2v) is 6.96. The molecule has 1 aromatic rings. The molecule has 2 rings (SSSR count). The molecule has 3 heteroatoms. The average Bonchev–Trinajstić information content (AvgIpc) is 2.88. The lowest BCUT2D eigenvalue weighted by Crippen LogP contribution is -2.41. The molecule has 0 N–H and O–H groups in total. The number of nitrogens with zero attached hydrogens (tertiary/aromatic N) is 1. The fraction of sp³-hybridized carbons (Fsp3) is 0.688. The number of ketones is 1. The molecule has 1 aliphatic rings. The smallest absolute Gasteiger partial charge is 0.186 e. The van der Waals surface area contributed by atoms with Crippen molar-refractivity contribution >= 4 is 17.1 Å². The first-order valence-electron chi connectivity index (χ1n) is 7.44. The largest absolute Gasteiger partial charge is 0.296 e. The maximum absolute atomic E-state index is 12.3. The number of likely N-dealkylation sites (N-methyl/N-ethyl adjacent to an activating group) is 1. The molecule has 2 unspecified atom stereocenters. The topological polar surface area (TPSA) is 20.3 Å². The molecule has 1 aliphatic carbocycles. The third-order valence-corrected chi connectivity index (χ3v) is 5.58. The van der Waals surface area contributed by atoms with E-state index < -0.39 is 0 Å². The Labute approximate surface area is 120 Å². The van der Waals surface area contributed by atoms with Crippen LogP contribution in [0.25, 0.3) is 0 Å². The second kappa shape index (κ2) is 6.67. The molecule has 0 radical (unpaired) electrons. The fourth-order valence-corrected chi connectivity index (χ4v) is 3.97. The lowest BCUT2D eigenvalue weighted by atomic mass is 9.85. The van der Waals surface area contributed by atoms with E-state index in [1.54, 1.807) is 11.3 Å². The van der Waals surface area contributed by atoms with Gasteiger partial charge in [0.1, 0.15) is 0 Å². The molecule has 19 heavy (non-hydrogen) atoms. The van der Waals surface area contributed by atoms with E-state index in [9.17, 15) is 4.79 Å². The van der Waals surface area contributed by atoms with Crippen molar-refractivity contribution < 1.29 is 4.79 Å². The maximum atomic E-state index is 12.3. The highest BCUT2D eigenvalue weighted by molar-refractivity contribution is 7.14. The summed E-state index contributed by atoms with van der Waals surface area (Å²) < 4.78 is 0. The molecule has 0 amide bonds. The van der Waals surface area contributed by atoms with Crippen LogP contribution >= 0.6 is 11.3 Å². The van der Waals surface area contributed by atoms with Crippen LogP contribution in [0.15, 0.2) is 12.1 Å². The van der Waals surface area contributed by atoms with Gasteiger partial charge < -0.3 is 0 Å². The van der Waals surface area contributed by atoms with Gasteiger partial charge in [-0.2, -0.15) is 0 Å². The summed E-state index contributed by atoms with van der Waals surface area (Å²) in [5.74, 6) is 1.01. The van der Waals surface area contributed by atoms with E-state index in [0.717, 1.165) is 17.2 Å². The highest BCUT2D eigenvalue weighted by Crippen LogP contribution is 2.27. The molecular formula is C16H25NOS. The van der Waals surface area contributed by atoms with Gasteiger partial charge in [-0.25, -0.2) is 0 Å². The van der Waals surface area contributed by atoms with Crippen LogP contribution in [-0.2, 0) is 6.42 Å². The molecule has 2 nitrogen and oxygen atoms in total. The van der Waals surface area contributed by atoms with Crippen molar-refractivity contribution in [2.75, 3.05) is 13.6 Å². The number of carbonyl (C=O) groups is 1. The van der Waals surface area contributed by atoms with Gasteiger partial charge in [0.15, 0.2) is 5.78 Å². The summed E-state index contributed by atoms with van der Waals surface area (Å²) in [7, 11) is 2.11. The summed E-state index contributed by atoms with van der Waals surface area (Å²) >= 11 is 1.65. The van der Waals surface area contributed by atoms with Crippen LogP contribution in [0.4, 0.5) is 0 Å². The van der Waals surface area contributed by atoms with Gasteiger partial charge in [-0.3, -0.25) is 9.69 Å². The summed E-state index contributed by atoms with van der Waals surface area (Å²) in [6, 6.07) is 4.66. The third kappa shape index (κ3) is 3.67. The molecule has 0 spiro atoms. The van der Waals surface area contributed by atoms with Gasteiger partial charge in [-0.15, -0.1) is 11.3 Å². The molecule has 1 fully saturated rings. The van der Waals surface area contributed by atoms with E-state index in [2.05, 4.69) is 31.9 Å². The fourth-order valence-electron chi connectivity index (χ4n) is 3.09. The van der Waals surface area contributed by atoms with Crippen LogP contribution in [0.3, 0.4) is 0 Å². The molecule has 0 aromatic carbocycles. The van der Waals surface area contributed by atoms with Gasteiger partial charge in [-0.05, 0) is 44.4 Å². The SMILES string of the molecule is CCc1ccc(C(=O)CN(C)C2CCCCC2C)s1. The van der Waals surface area contributed by atoms with Crippen LogP contribution in [0.5, 0.6) is 0 Å². The minimum absolute atomic E-state index is 0.282. The van der Waals surface area contributed by atoms with E-state index in [1.165, 1.54) is 30.6 Å². The van der Waals surface area contributed by atoms with E-state index in [1.807, 2.05) is 6.07 Å². The first kappa shape index (κ1) is 14.7. The number of carbonyl (C=O) groups excluding carboxylic acids is 1. The Bertz CT molecular complexity index is 426. The van der Waals surface area contributed by atoms with Crippen molar-refractivity contribution in [2.24, 2.45) is 5.92 Å². The zero-order chi connectivity index (χ0) is 13.8. The number of hydrogen-bond donors (Lipinski definition) is 0. The summed E-state index contributed by atoms with van der Waals surface area (Å²) in [5, 5.41) is 0. The van der Waals surface area contributed by atoms with Gasteiger partial charge >= 0.3 is 0 Å². The van der Waals surface area contributed by atoms with Crippen molar-refractivity contribution in [3.63, 3.8) is 0 Å². The normalized spacial score (nSPS) is 23.8. The Morgan fingerprint density at radius 1 is 1.37 bits per heavy atom. The number of thiophene rings is 1. The summed E-state index contributed by atoms with van der Waals surface area (Å²) in [6.07, 6.45) is 6.24. The quantitative estimate of drug-likeness (QED) is 0.759. The van der Waals surface area contributed by atoms with Crippen LogP contribution in [0, 0.1) is 5.92 Å². The van der Waals surface area contributed by atoms with E-state index >= 15 is 0 Å². The average molecular weight is 279 g/mol. The van der Waals surface area contributed by atoms with E-state index in [4.69, 9.17) is 0 Å². The third-order valence-electron chi connectivity index (χ3n) is 4.31. The zero-order valence-electron chi connectivity index (χ0n) is 12.3. The van der Waals surface area contributed by atoms with Gasteiger partial charge in [0.25, 0.3) is 0 Å². The summed E-state index contributed by atoms with van der Waals surface area (Å²) in [5.41, 5.74) is 0. The van der Waals surface area contributed by atoms with Crippen molar-refractivity contribution in [1.29, 1.82) is 0 Å². The first-order chi connectivity index (χ1) is 9.11. The minimum atomic E-state index is 0.282. The van der Waals surface area contributed by atoms with Crippen LogP contribution in [0.1, 0.15) is 54.1 Å². The van der Waals surface area contributed by atoms with Gasteiger partial charge in [0.05, 0.1) is 11.4 Å². The predicted molar refractivity (Wildman–Crippen MR) is 82.1 cm³/mol. The Morgan fingerprint density at radius 3 is 2.74 bits per heavy atom. The molecular weight excluding hydrogens is 254 g/mol. The molecule has 0 aliphatic heterocycles. The van der Waals surface area contributed by atoms with Crippen LogP contribution in [0.2, 0.25) is 0 Å². The molecule has 1 saturated carbocycles. The Balaban J connectivity index is 1.94. The monoisotopic (exact) mass is 279 g/mol. The van der Waals surface area contributed by atoms with E-state index in [-0.39, 0.29) is 5.78 Å². The highest BCUT2D eigenvalue weighted by atomic mass is 32.1. The highest BCUT2D eigenvalue weighted by Gasteiger charge is 2.26. The standard InChI is InChI=1S/C16H25NOS/c1-4-13-9-10-16(19-13)15(18)11-17(3)14-8-6-5-7-12(14)2/h9-10,12,14H,4-8,11H2,1-3H3. The zero-order valence-corrected chi connectivity index (χ0v) is 13.1. The first-order valence-corrected chi connectivity index (χ1v) is 8.25. The van der Waals surface area contributed by atoms with Crippen molar-refractivity contribution in [2.45, 2.75) is 52.0 Å². The lowest BCUT2D eigenvalue weighted by Gasteiger charge is -2.35. The van der Waals surface area contributed by atoms with Gasteiger partial charge in [0, 0.05) is 10.9 Å². The number of hydrogen-bond acceptors (Lipinski definition) is 3. The minimum Gasteiger partial charge on any atom is -0.296 e. The second-order valence-electron chi connectivity index (χ2n) is 5.79. The van der Waals surface area contributed by atoms with Crippen LogP contribution < -0.4 is 0 Å². The number of aryl methyl sites for hydroxylation is 1.